The summed E-state index contributed by atoms with van der Waals surface area (Å²) in [6, 6.07) is 40.7. The van der Waals surface area contributed by atoms with Crippen molar-refractivity contribution in [3.8, 4) is 11.1 Å². The molecule has 0 aliphatic rings. The third-order valence-corrected chi connectivity index (χ3v) is 7.45. The Hall–Kier alpha value is -3.82. The Morgan fingerprint density at radius 3 is 1.81 bits per heavy atom. The quantitative estimate of drug-likeness (QED) is 0.219. The fraction of sp³-hybridized carbons (Fsp3) is 0.118. The minimum atomic E-state index is 0.0917. The van der Waals surface area contributed by atoms with E-state index in [4.69, 9.17) is 4.42 Å². The predicted molar refractivity (Wildman–Crippen MR) is 160 cm³/mol. The van der Waals surface area contributed by atoms with Gasteiger partial charge in [0.1, 0.15) is 5.58 Å². The number of anilines is 3. The largest absolute Gasteiger partial charge is 0.454 e. The SMILES string of the molecule is CC(C)(C)c1ccc(N(c2ccc(-c3ccc(Br)cc3)cc2)c2cccc3c2oc2ccccc23)cc1. The van der Waals surface area contributed by atoms with Gasteiger partial charge in [0.2, 0.25) is 0 Å². The number of furan rings is 1. The van der Waals surface area contributed by atoms with Crippen LogP contribution in [0.15, 0.2) is 124 Å². The van der Waals surface area contributed by atoms with Gasteiger partial charge in [0.05, 0.1) is 5.69 Å². The highest BCUT2D eigenvalue weighted by Gasteiger charge is 2.20. The maximum atomic E-state index is 6.44. The molecule has 0 saturated carbocycles. The van der Waals surface area contributed by atoms with Crippen molar-refractivity contribution in [1.29, 1.82) is 0 Å². The van der Waals surface area contributed by atoms with Crippen molar-refractivity contribution in [1.82, 2.24) is 0 Å². The lowest BCUT2D eigenvalue weighted by molar-refractivity contribution is 0.590. The summed E-state index contributed by atoms with van der Waals surface area (Å²) in [6.45, 7) is 6.74. The second-order valence-corrected chi connectivity index (χ2v) is 11.4. The highest BCUT2D eigenvalue weighted by molar-refractivity contribution is 9.10. The zero-order valence-electron chi connectivity index (χ0n) is 21.2. The minimum absolute atomic E-state index is 0.0917. The van der Waals surface area contributed by atoms with Crippen LogP contribution in [-0.2, 0) is 5.41 Å². The maximum absolute atomic E-state index is 6.44. The van der Waals surface area contributed by atoms with Gasteiger partial charge in [-0.25, -0.2) is 0 Å². The lowest BCUT2D eigenvalue weighted by atomic mass is 9.87. The Labute approximate surface area is 226 Å². The molecule has 0 unspecified atom stereocenters. The molecule has 37 heavy (non-hydrogen) atoms. The Morgan fingerprint density at radius 2 is 1.16 bits per heavy atom. The Bertz CT molecular complexity index is 1690. The van der Waals surface area contributed by atoms with Gasteiger partial charge in [0.25, 0.3) is 0 Å². The monoisotopic (exact) mass is 545 g/mol. The number of benzene rings is 5. The number of hydrogen-bond donors (Lipinski definition) is 0. The minimum Gasteiger partial charge on any atom is -0.454 e. The van der Waals surface area contributed by atoms with E-state index in [2.05, 4.69) is 145 Å². The molecule has 0 amide bonds. The summed E-state index contributed by atoms with van der Waals surface area (Å²) < 4.78 is 7.52. The van der Waals surface area contributed by atoms with Crippen molar-refractivity contribution >= 4 is 54.9 Å². The van der Waals surface area contributed by atoms with Crippen molar-refractivity contribution in [2.75, 3.05) is 4.90 Å². The first kappa shape index (κ1) is 23.6. The first-order valence-electron chi connectivity index (χ1n) is 12.6. The van der Waals surface area contributed by atoms with Crippen molar-refractivity contribution in [2.24, 2.45) is 0 Å². The fourth-order valence-electron chi connectivity index (χ4n) is 4.89. The van der Waals surface area contributed by atoms with Crippen LogP contribution in [0.5, 0.6) is 0 Å². The number of rotatable bonds is 4. The molecular formula is C34H28BrNO. The molecule has 2 nitrogen and oxygen atoms in total. The molecule has 0 saturated heterocycles. The van der Waals surface area contributed by atoms with Crippen molar-refractivity contribution in [3.05, 3.63) is 125 Å². The van der Waals surface area contributed by atoms with Crippen molar-refractivity contribution in [2.45, 2.75) is 26.2 Å². The van der Waals surface area contributed by atoms with Crippen LogP contribution in [-0.4, -0.2) is 0 Å². The summed E-state index contributed by atoms with van der Waals surface area (Å²) in [7, 11) is 0. The molecular weight excluding hydrogens is 518 g/mol. The number of fused-ring (bicyclic) bond motifs is 3. The van der Waals surface area contributed by atoms with Gasteiger partial charge in [-0.2, -0.15) is 0 Å². The Balaban J connectivity index is 1.51. The van der Waals surface area contributed by atoms with Gasteiger partial charge in [0.15, 0.2) is 5.58 Å². The van der Waals surface area contributed by atoms with Crippen LogP contribution in [0, 0.1) is 0 Å². The molecule has 0 N–H and O–H groups in total. The van der Waals surface area contributed by atoms with E-state index in [-0.39, 0.29) is 5.41 Å². The molecule has 0 bridgehead atoms. The zero-order chi connectivity index (χ0) is 25.6. The van der Waals surface area contributed by atoms with Gasteiger partial charge in [-0.05, 0) is 70.6 Å². The molecule has 6 aromatic rings. The third-order valence-electron chi connectivity index (χ3n) is 6.92. The van der Waals surface area contributed by atoms with Gasteiger partial charge in [0, 0.05) is 26.6 Å². The summed E-state index contributed by atoms with van der Waals surface area (Å²) in [5.41, 5.74) is 8.76. The van der Waals surface area contributed by atoms with Gasteiger partial charge in [-0.15, -0.1) is 0 Å². The summed E-state index contributed by atoms with van der Waals surface area (Å²) in [4.78, 5) is 2.29. The molecule has 0 aliphatic carbocycles. The first-order chi connectivity index (χ1) is 17.9. The first-order valence-corrected chi connectivity index (χ1v) is 13.3. The summed E-state index contributed by atoms with van der Waals surface area (Å²) in [6.07, 6.45) is 0. The normalized spacial score (nSPS) is 11.8. The van der Waals surface area contributed by atoms with E-state index < -0.39 is 0 Å². The maximum Gasteiger partial charge on any atom is 0.159 e. The lowest BCUT2D eigenvalue weighted by Crippen LogP contribution is -2.13. The van der Waals surface area contributed by atoms with Gasteiger partial charge in [-0.1, -0.05) is 103 Å². The van der Waals surface area contributed by atoms with Gasteiger partial charge in [-0.3, -0.25) is 0 Å². The Morgan fingerprint density at radius 1 is 0.595 bits per heavy atom. The molecule has 5 aromatic carbocycles. The van der Waals surface area contributed by atoms with E-state index in [9.17, 15) is 0 Å². The van der Waals surface area contributed by atoms with Crippen molar-refractivity contribution in [3.63, 3.8) is 0 Å². The summed E-state index contributed by atoms with van der Waals surface area (Å²) in [5, 5.41) is 2.25. The molecule has 0 aliphatic heterocycles. The second kappa shape index (κ2) is 9.24. The highest BCUT2D eigenvalue weighted by Crippen LogP contribution is 2.42. The van der Waals surface area contributed by atoms with E-state index in [1.807, 2.05) is 12.1 Å². The molecule has 182 valence electrons. The number of halogens is 1. The van der Waals surface area contributed by atoms with Crippen molar-refractivity contribution < 1.29 is 4.42 Å². The van der Waals surface area contributed by atoms with Crippen LogP contribution in [0.4, 0.5) is 17.1 Å². The molecule has 1 aromatic heterocycles. The molecule has 3 heteroatoms. The average molecular weight is 547 g/mol. The molecule has 1 heterocycles. The van der Waals surface area contributed by atoms with Crippen LogP contribution in [0.2, 0.25) is 0 Å². The lowest BCUT2D eigenvalue weighted by Gasteiger charge is -2.27. The Kier molecular flexibility index (Phi) is 5.89. The zero-order valence-corrected chi connectivity index (χ0v) is 22.8. The predicted octanol–water partition coefficient (Wildman–Crippen LogP) is 10.8. The summed E-state index contributed by atoms with van der Waals surface area (Å²) in [5.74, 6) is 0. The van der Waals surface area contributed by atoms with E-state index >= 15 is 0 Å². The van der Waals surface area contributed by atoms with Crippen LogP contribution in [0.25, 0.3) is 33.1 Å². The van der Waals surface area contributed by atoms with E-state index in [0.29, 0.717) is 0 Å². The molecule has 0 atom stereocenters. The van der Waals surface area contributed by atoms with Crippen LogP contribution < -0.4 is 4.90 Å². The smallest absolute Gasteiger partial charge is 0.159 e. The number of hydrogen-bond acceptors (Lipinski definition) is 2. The van der Waals surface area contributed by atoms with E-state index in [1.165, 1.54) is 16.7 Å². The van der Waals surface area contributed by atoms with Gasteiger partial charge < -0.3 is 9.32 Å². The standard InChI is InChI=1S/C34H28BrNO/c1-34(2,3)25-15-21-28(22-16-25)36(27-19-13-24(14-20-27)23-11-17-26(35)18-12-23)31-9-6-8-30-29-7-4-5-10-32(29)37-33(30)31/h4-22H,1-3H3. The fourth-order valence-corrected chi connectivity index (χ4v) is 5.16. The topological polar surface area (TPSA) is 16.4 Å². The number of nitrogens with zero attached hydrogens (tertiary/aromatic N) is 1. The van der Waals surface area contributed by atoms with Crippen LogP contribution in [0.1, 0.15) is 26.3 Å². The second-order valence-electron chi connectivity index (χ2n) is 10.4. The van der Waals surface area contributed by atoms with Crippen LogP contribution >= 0.6 is 15.9 Å². The molecule has 0 fully saturated rings. The number of para-hydroxylation sites is 2. The summed E-state index contributed by atoms with van der Waals surface area (Å²) >= 11 is 3.53. The third kappa shape index (κ3) is 4.45. The van der Waals surface area contributed by atoms with E-state index in [1.54, 1.807) is 0 Å². The van der Waals surface area contributed by atoms with Crippen LogP contribution in [0.3, 0.4) is 0 Å². The molecule has 6 rings (SSSR count). The van der Waals surface area contributed by atoms with E-state index in [0.717, 1.165) is 43.5 Å². The van der Waals surface area contributed by atoms with Gasteiger partial charge >= 0.3 is 0 Å². The average Bonchev–Trinajstić information content (AvgIpc) is 3.29. The molecule has 0 radical (unpaired) electrons. The molecule has 0 spiro atoms. The highest BCUT2D eigenvalue weighted by atomic mass is 79.9.